The summed E-state index contributed by atoms with van der Waals surface area (Å²) in [6.07, 6.45) is 0. The molecule has 2 rings (SSSR count). The minimum Gasteiger partial charge on any atom is -0.379 e. The Kier molecular flexibility index (Phi) is 4.89. The second kappa shape index (κ2) is 6.43. The van der Waals surface area contributed by atoms with E-state index in [1.165, 1.54) is 11.1 Å². The fourth-order valence-corrected chi connectivity index (χ4v) is 3.02. The van der Waals surface area contributed by atoms with Crippen LogP contribution in [0.3, 0.4) is 0 Å². The lowest BCUT2D eigenvalue weighted by Gasteiger charge is -2.27. The van der Waals surface area contributed by atoms with Crippen molar-refractivity contribution in [1.29, 1.82) is 0 Å². The summed E-state index contributed by atoms with van der Waals surface area (Å²) in [5.41, 5.74) is 2.72. The standard InChI is InChI=1S/C14H21NOS/c1-3-15-14(10-17-13-8-16-9-13)12-6-4-11(2)5-7-12/h4-7,13-15H,3,8-10H2,1-2H3. The molecular formula is C14H21NOS. The van der Waals surface area contributed by atoms with E-state index in [2.05, 4.69) is 43.4 Å². The number of hydrogen-bond donors (Lipinski definition) is 1. The van der Waals surface area contributed by atoms with Crippen LogP contribution in [0.15, 0.2) is 24.3 Å². The largest absolute Gasteiger partial charge is 0.379 e. The number of thioether (sulfide) groups is 1. The fourth-order valence-electron chi connectivity index (χ4n) is 1.86. The van der Waals surface area contributed by atoms with Crippen molar-refractivity contribution in [2.24, 2.45) is 0 Å². The minimum atomic E-state index is 0.464. The maximum Gasteiger partial charge on any atom is 0.0607 e. The Morgan fingerprint density at radius 2 is 2.06 bits per heavy atom. The van der Waals surface area contributed by atoms with Crippen LogP contribution in [0, 0.1) is 6.92 Å². The van der Waals surface area contributed by atoms with Gasteiger partial charge in [-0.1, -0.05) is 36.8 Å². The fraction of sp³-hybridized carbons (Fsp3) is 0.571. The van der Waals surface area contributed by atoms with Gasteiger partial charge in [-0.2, -0.15) is 11.8 Å². The molecule has 17 heavy (non-hydrogen) atoms. The van der Waals surface area contributed by atoms with Gasteiger partial charge in [0.25, 0.3) is 0 Å². The number of rotatable bonds is 6. The molecule has 1 aliphatic rings. The SMILES string of the molecule is CCNC(CSC1COC1)c1ccc(C)cc1. The average molecular weight is 251 g/mol. The highest BCUT2D eigenvalue weighted by Gasteiger charge is 2.20. The van der Waals surface area contributed by atoms with Gasteiger partial charge in [0.15, 0.2) is 0 Å². The van der Waals surface area contributed by atoms with Crippen LogP contribution < -0.4 is 5.32 Å². The first kappa shape index (κ1) is 12.9. The second-order valence-electron chi connectivity index (χ2n) is 4.51. The van der Waals surface area contributed by atoms with Crippen LogP contribution in [0.1, 0.15) is 24.1 Å². The first-order chi connectivity index (χ1) is 8.29. The van der Waals surface area contributed by atoms with Crippen molar-refractivity contribution >= 4 is 11.8 Å². The topological polar surface area (TPSA) is 21.3 Å². The van der Waals surface area contributed by atoms with Crippen molar-refractivity contribution in [1.82, 2.24) is 5.32 Å². The van der Waals surface area contributed by atoms with E-state index in [1.807, 2.05) is 11.8 Å². The molecule has 1 N–H and O–H groups in total. The summed E-state index contributed by atoms with van der Waals surface area (Å²) < 4.78 is 5.21. The number of aryl methyl sites for hydroxylation is 1. The van der Waals surface area contributed by atoms with Crippen molar-refractivity contribution in [2.75, 3.05) is 25.5 Å². The van der Waals surface area contributed by atoms with Gasteiger partial charge in [0.2, 0.25) is 0 Å². The van der Waals surface area contributed by atoms with Gasteiger partial charge in [-0.05, 0) is 19.0 Å². The normalized spacial score (nSPS) is 17.8. The lowest BCUT2D eigenvalue weighted by molar-refractivity contribution is 0.0455. The number of nitrogens with one attached hydrogen (secondary N) is 1. The summed E-state index contributed by atoms with van der Waals surface area (Å²) in [4.78, 5) is 0. The van der Waals surface area contributed by atoms with Crippen molar-refractivity contribution in [3.05, 3.63) is 35.4 Å². The molecule has 0 radical (unpaired) electrons. The van der Waals surface area contributed by atoms with Crippen LogP contribution in [-0.4, -0.2) is 30.8 Å². The van der Waals surface area contributed by atoms with E-state index in [0.717, 1.165) is 25.5 Å². The average Bonchev–Trinajstić information content (AvgIpc) is 2.27. The smallest absolute Gasteiger partial charge is 0.0607 e. The van der Waals surface area contributed by atoms with E-state index in [-0.39, 0.29) is 0 Å². The van der Waals surface area contributed by atoms with Crippen molar-refractivity contribution in [3.63, 3.8) is 0 Å². The number of ether oxygens (including phenoxy) is 1. The molecule has 0 saturated carbocycles. The lowest BCUT2D eigenvalue weighted by Crippen LogP contribution is -2.32. The minimum absolute atomic E-state index is 0.464. The zero-order valence-electron chi connectivity index (χ0n) is 10.6. The summed E-state index contributed by atoms with van der Waals surface area (Å²) >= 11 is 2.02. The number of hydrogen-bond acceptors (Lipinski definition) is 3. The Balaban J connectivity index is 1.92. The molecule has 0 aromatic heterocycles. The highest BCUT2D eigenvalue weighted by atomic mass is 32.2. The zero-order chi connectivity index (χ0) is 12.1. The molecule has 1 aromatic rings. The molecule has 1 saturated heterocycles. The van der Waals surface area contributed by atoms with Gasteiger partial charge in [0, 0.05) is 11.8 Å². The van der Waals surface area contributed by atoms with Gasteiger partial charge < -0.3 is 10.1 Å². The second-order valence-corrected chi connectivity index (χ2v) is 5.85. The molecule has 1 fully saturated rings. The molecule has 0 spiro atoms. The maximum absolute atomic E-state index is 5.21. The summed E-state index contributed by atoms with van der Waals surface area (Å²) in [5, 5.41) is 4.27. The molecule has 3 heteroatoms. The van der Waals surface area contributed by atoms with Gasteiger partial charge in [0.05, 0.1) is 18.5 Å². The van der Waals surface area contributed by atoms with Crippen molar-refractivity contribution < 1.29 is 4.74 Å². The van der Waals surface area contributed by atoms with Crippen molar-refractivity contribution in [3.8, 4) is 0 Å². The molecule has 2 nitrogen and oxygen atoms in total. The van der Waals surface area contributed by atoms with E-state index in [9.17, 15) is 0 Å². The predicted molar refractivity (Wildman–Crippen MR) is 74.7 cm³/mol. The lowest BCUT2D eigenvalue weighted by atomic mass is 10.1. The van der Waals surface area contributed by atoms with Crippen LogP contribution >= 0.6 is 11.8 Å². The third-order valence-corrected chi connectivity index (χ3v) is 4.31. The molecular weight excluding hydrogens is 230 g/mol. The van der Waals surface area contributed by atoms with Crippen LogP contribution in [-0.2, 0) is 4.74 Å². The third-order valence-electron chi connectivity index (χ3n) is 3.04. The van der Waals surface area contributed by atoms with Crippen LogP contribution in [0.4, 0.5) is 0 Å². The molecule has 1 atom stereocenters. The first-order valence-corrected chi connectivity index (χ1v) is 7.33. The summed E-state index contributed by atoms with van der Waals surface area (Å²) in [7, 11) is 0. The first-order valence-electron chi connectivity index (χ1n) is 6.29. The van der Waals surface area contributed by atoms with Crippen LogP contribution in [0.2, 0.25) is 0 Å². The van der Waals surface area contributed by atoms with Crippen molar-refractivity contribution in [2.45, 2.75) is 25.1 Å². The van der Waals surface area contributed by atoms with Crippen LogP contribution in [0.25, 0.3) is 0 Å². The van der Waals surface area contributed by atoms with E-state index in [1.54, 1.807) is 0 Å². The Labute approximate surface area is 108 Å². The summed E-state index contributed by atoms with van der Waals surface area (Å²) in [5.74, 6) is 1.13. The van der Waals surface area contributed by atoms with E-state index in [0.29, 0.717) is 11.3 Å². The van der Waals surface area contributed by atoms with E-state index >= 15 is 0 Å². The Morgan fingerprint density at radius 1 is 1.35 bits per heavy atom. The van der Waals surface area contributed by atoms with E-state index in [4.69, 9.17) is 4.74 Å². The molecule has 1 unspecified atom stereocenters. The van der Waals surface area contributed by atoms with E-state index < -0.39 is 0 Å². The summed E-state index contributed by atoms with van der Waals surface area (Å²) in [6, 6.07) is 9.32. The molecule has 94 valence electrons. The molecule has 1 aliphatic heterocycles. The zero-order valence-corrected chi connectivity index (χ0v) is 11.4. The highest BCUT2D eigenvalue weighted by molar-refractivity contribution is 8.00. The Bertz CT molecular complexity index is 335. The maximum atomic E-state index is 5.21. The monoisotopic (exact) mass is 251 g/mol. The quantitative estimate of drug-likeness (QED) is 0.840. The van der Waals surface area contributed by atoms with Crippen LogP contribution in [0.5, 0.6) is 0 Å². The van der Waals surface area contributed by atoms with Gasteiger partial charge in [-0.3, -0.25) is 0 Å². The Morgan fingerprint density at radius 3 is 2.59 bits per heavy atom. The molecule has 0 amide bonds. The third kappa shape index (κ3) is 3.73. The van der Waals surface area contributed by atoms with Gasteiger partial charge >= 0.3 is 0 Å². The summed E-state index contributed by atoms with van der Waals surface area (Å²) in [6.45, 7) is 7.17. The van der Waals surface area contributed by atoms with Gasteiger partial charge in [-0.15, -0.1) is 0 Å². The molecule has 0 aliphatic carbocycles. The van der Waals surface area contributed by atoms with Gasteiger partial charge in [0.1, 0.15) is 0 Å². The molecule has 0 bridgehead atoms. The van der Waals surface area contributed by atoms with Gasteiger partial charge in [-0.25, -0.2) is 0 Å². The molecule has 1 aromatic carbocycles. The molecule has 1 heterocycles. The Hall–Kier alpha value is -0.510. The predicted octanol–water partition coefficient (Wildman–Crippen LogP) is 2.78. The number of benzene rings is 1. The highest BCUT2D eigenvalue weighted by Crippen LogP contribution is 2.25.